The molecule has 5 heteroatoms. The normalized spacial score (nSPS) is 19.6. The van der Waals surface area contributed by atoms with Crippen molar-refractivity contribution in [3.63, 3.8) is 0 Å². The molecule has 0 radical (unpaired) electrons. The third-order valence-corrected chi connectivity index (χ3v) is 6.71. The van der Waals surface area contributed by atoms with E-state index in [-0.39, 0.29) is 0 Å². The molecule has 2 fully saturated rings. The van der Waals surface area contributed by atoms with Crippen LogP contribution < -0.4 is 0 Å². The van der Waals surface area contributed by atoms with Gasteiger partial charge in [0.25, 0.3) is 0 Å². The van der Waals surface area contributed by atoms with Crippen molar-refractivity contribution in [1.82, 2.24) is 19.8 Å². The largest absolute Gasteiger partial charge is 0.342 e. The van der Waals surface area contributed by atoms with Gasteiger partial charge in [-0.15, -0.1) is 0 Å². The highest BCUT2D eigenvalue weighted by Gasteiger charge is 2.40. The Bertz CT molecular complexity index is 797. The molecule has 5 nitrogen and oxygen atoms in total. The number of pyridine rings is 2. The number of carbonyl (C=O) groups is 1. The smallest absolute Gasteiger partial charge is 0.222 e. The lowest BCUT2D eigenvalue weighted by Crippen LogP contribution is -2.51. The topological polar surface area (TPSA) is 49.3 Å². The third-order valence-electron chi connectivity index (χ3n) is 6.71. The van der Waals surface area contributed by atoms with Crippen molar-refractivity contribution >= 4 is 5.91 Å². The molecule has 154 valence electrons. The van der Waals surface area contributed by atoms with Gasteiger partial charge in [0.1, 0.15) is 0 Å². The number of nitrogens with zero attached hydrogens (tertiary/aromatic N) is 4. The molecule has 0 aliphatic carbocycles. The highest BCUT2D eigenvalue weighted by Crippen LogP contribution is 2.40. The van der Waals surface area contributed by atoms with Crippen LogP contribution in [0.3, 0.4) is 0 Å². The fraction of sp³-hybridized carbons (Fsp3) is 0.542. The molecule has 2 aliphatic rings. The zero-order valence-electron chi connectivity index (χ0n) is 17.5. The molecule has 0 aromatic carbocycles. The number of piperidine rings is 2. The van der Waals surface area contributed by atoms with Crippen molar-refractivity contribution in [3.05, 3.63) is 59.7 Å². The highest BCUT2D eigenvalue weighted by molar-refractivity contribution is 5.77. The lowest BCUT2D eigenvalue weighted by atomic mass is 9.72. The molecule has 0 atom stereocenters. The van der Waals surface area contributed by atoms with Gasteiger partial charge in [0.2, 0.25) is 5.91 Å². The second kappa shape index (κ2) is 9.04. The van der Waals surface area contributed by atoms with Crippen molar-refractivity contribution in [2.75, 3.05) is 26.2 Å². The summed E-state index contributed by atoms with van der Waals surface area (Å²) < 4.78 is 0. The lowest BCUT2D eigenvalue weighted by molar-refractivity contribution is -0.139. The third kappa shape index (κ3) is 5.02. The first-order valence-corrected chi connectivity index (χ1v) is 11.0. The molecule has 0 unspecified atom stereocenters. The van der Waals surface area contributed by atoms with Crippen LogP contribution in [0.25, 0.3) is 0 Å². The summed E-state index contributed by atoms with van der Waals surface area (Å²) in [7, 11) is 0. The molecule has 4 heterocycles. The Labute approximate surface area is 174 Å². The Morgan fingerprint density at radius 1 is 1.03 bits per heavy atom. The SMILES string of the molecule is CCc1ccc(CN2CCC3(CCC(=O)N(CCc4ccccn4)C3)CC2)nc1. The number of hydrogen-bond acceptors (Lipinski definition) is 4. The van der Waals surface area contributed by atoms with Crippen LogP contribution in [0.4, 0.5) is 0 Å². The number of hydrogen-bond donors (Lipinski definition) is 0. The number of aromatic nitrogens is 2. The van der Waals surface area contributed by atoms with E-state index in [2.05, 4.69) is 38.8 Å². The monoisotopic (exact) mass is 392 g/mol. The van der Waals surface area contributed by atoms with Crippen LogP contribution in [0, 0.1) is 5.41 Å². The van der Waals surface area contributed by atoms with Crippen LogP contribution in [0.15, 0.2) is 42.7 Å². The Kier molecular flexibility index (Phi) is 6.24. The fourth-order valence-electron chi connectivity index (χ4n) is 4.68. The van der Waals surface area contributed by atoms with Gasteiger partial charge in [-0.1, -0.05) is 19.1 Å². The van der Waals surface area contributed by atoms with Crippen LogP contribution in [0.5, 0.6) is 0 Å². The molecule has 1 amide bonds. The predicted molar refractivity (Wildman–Crippen MR) is 114 cm³/mol. The summed E-state index contributed by atoms with van der Waals surface area (Å²) >= 11 is 0. The molecule has 29 heavy (non-hydrogen) atoms. The molecule has 2 saturated heterocycles. The molecule has 4 rings (SSSR count). The van der Waals surface area contributed by atoms with Gasteiger partial charge in [-0.25, -0.2) is 0 Å². The Balaban J connectivity index is 1.30. The van der Waals surface area contributed by atoms with E-state index in [1.165, 1.54) is 18.4 Å². The zero-order chi connectivity index (χ0) is 20.1. The fourth-order valence-corrected chi connectivity index (χ4v) is 4.68. The molecule has 0 N–H and O–H groups in total. The summed E-state index contributed by atoms with van der Waals surface area (Å²) in [6.07, 6.45) is 9.80. The Hall–Kier alpha value is -2.27. The van der Waals surface area contributed by atoms with Gasteiger partial charge < -0.3 is 4.90 Å². The second-order valence-electron chi connectivity index (χ2n) is 8.67. The van der Waals surface area contributed by atoms with Crippen LogP contribution in [0.1, 0.15) is 49.6 Å². The molecule has 2 aromatic heterocycles. The predicted octanol–water partition coefficient (Wildman–Crippen LogP) is 3.49. The second-order valence-corrected chi connectivity index (χ2v) is 8.67. The zero-order valence-corrected chi connectivity index (χ0v) is 17.5. The molecule has 0 saturated carbocycles. The maximum Gasteiger partial charge on any atom is 0.222 e. The number of amides is 1. The first kappa shape index (κ1) is 20.0. The van der Waals surface area contributed by atoms with E-state index >= 15 is 0 Å². The van der Waals surface area contributed by atoms with Crippen LogP contribution >= 0.6 is 0 Å². The number of likely N-dealkylation sites (tertiary alicyclic amines) is 2. The van der Waals surface area contributed by atoms with Crippen molar-refractivity contribution in [2.45, 2.75) is 52.0 Å². The minimum Gasteiger partial charge on any atom is -0.342 e. The summed E-state index contributed by atoms with van der Waals surface area (Å²) in [6, 6.07) is 10.4. The summed E-state index contributed by atoms with van der Waals surface area (Å²) in [5, 5.41) is 0. The van der Waals surface area contributed by atoms with Gasteiger partial charge in [-0.2, -0.15) is 0 Å². The average Bonchev–Trinajstić information content (AvgIpc) is 2.77. The van der Waals surface area contributed by atoms with Crippen LogP contribution in [-0.4, -0.2) is 51.9 Å². The van der Waals surface area contributed by atoms with Gasteiger partial charge in [-0.3, -0.25) is 19.7 Å². The van der Waals surface area contributed by atoms with E-state index in [4.69, 9.17) is 0 Å². The summed E-state index contributed by atoms with van der Waals surface area (Å²) in [6.45, 7) is 6.99. The minimum atomic E-state index is 0.300. The first-order chi connectivity index (χ1) is 14.2. The summed E-state index contributed by atoms with van der Waals surface area (Å²) in [5.41, 5.74) is 3.82. The van der Waals surface area contributed by atoms with Crippen LogP contribution in [0.2, 0.25) is 0 Å². The van der Waals surface area contributed by atoms with E-state index < -0.39 is 0 Å². The molecule has 0 bridgehead atoms. The van der Waals surface area contributed by atoms with E-state index in [1.807, 2.05) is 30.6 Å². The van der Waals surface area contributed by atoms with Crippen molar-refractivity contribution in [1.29, 1.82) is 0 Å². The minimum absolute atomic E-state index is 0.300. The number of aryl methyl sites for hydroxylation is 1. The summed E-state index contributed by atoms with van der Waals surface area (Å²) in [5.74, 6) is 0.314. The van der Waals surface area contributed by atoms with Crippen LogP contribution in [-0.2, 0) is 24.2 Å². The maximum atomic E-state index is 12.5. The van der Waals surface area contributed by atoms with E-state index in [1.54, 1.807) is 0 Å². The van der Waals surface area contributed by atoms with E-state index in [0.717, 1.165) is 63.4 Å². The highest BCUT2D eigenvalue weighted by atomic mass is 16.2. The average molecular weight is 393 g/mol. The van der Waals surface area contributed by atoms with Crippen molar-refractivity contribution in [3.8, 4) is 0 Å². The number of carbonyl (C=O) groups excluding carboxylic acids is 1. The quantitative estimate of drug-likeness (QED) is 0.755. The molecule has 1 spiro atoms. The number of rotatable bonds is 6. The van der Waals surface area contributed by atoms with Gasteiger partial charge in [0.05, 0.1) is 5.69 Å². The van der Waals surface area contributed by atoms with Gasteiger partial charge in [-0.05, 0) is 68.0 Å². The lowest BCUT2D eigenvalue weighted by Gasteiger charge is -2.47. The molecular weight excluding hydrogens is 360 g/mol. The van der Waals surface area contributed by atoms with Gasteiger partial charge >= 0.3 is 0 Å². The van der Waals surface area contributed by atoms with Gasteiger partial charge in [0.15, 0.2) is 0 Å². The van der Waals surface area contributed by atoms with E-state index in [9.17, 15) is 4.79 Å². The standard InChI is InChI=1S/C24H32N4O/c1-2-20-6-7-22(26-17-20)18-27-15-11-24(12-16-27)10-8-23(29)28(19-24)14-9-21-5-3-4-13-25-21/h3-7,13,17H,2,8-12,14-16,18-19H2,1H3. The maximum absolute atomic E-state index is 12.5. The van der Waals surface area contributed by atoms with Crippen molar-refractivity contribution in [2.24, 2.45) is 5.41 Å². The Morgan fingerprint density at radius 2 is 1.90 bits per heavy atom. The molecular formula is C24H32N4O. The van der Waals surface area contributed by atoms with Gasteiger partial charge in [0, 0.05) is 50.6 Å². The molecule has 2 aliphatic heterocycles. The van der Waals surface area contributed by atoms with Crippen molar-refractivity contribution < 1.29 is 4.79 Å². The molecule has 2 aromatic rings. The Morgan fingerprint density at radius 3 is 2.59 bits per heavy atom. The summed E-state index contributed by atoms with van der Waals surface area (Å²) in [4.78, 5) is 26.1. The first-order valence-electron chi connectivity index (χ1n) is 11.0. The van der Waals surface area contributed by atoms with E-state index in [0.29, 0.717) is 17.7 Å².